The van der Waals surface area contributed by atoms with Crippen molar-refractivity contribution in [1.29, 1.82) is 0 Å². The van der Waals surface area contributed by atoms with Gasteiger partial charge in [0, 0.05) is 18.9 Å². The zero-order chi connectivity index (χ0) is 20.0. The number of aliphatic hydroxyl groups excluding tert-OH is 2. The predicted molar refractivity (Wildman–Crippen MR) is 102 cm³/mol. The lowest BCUT2D eigenvalue weighted by Gasteiger charge is -2.08. The first kappa shape index (κ1) is 20.5. The summed E-state index contributed by atoms with van der Waals surface area (Å²) < 4.78 is 0. The number of rotatable bonds is 7. The van der Waals surface area contributed by atoms with E-state index in [1.807, 2.05) is 19.9 Å². The Labute approximate surface area is 158 Å². The lowest BCUT2D eigenvalue weighted by molar-refractivity contribution is -0.117. The van der Waals surface area contributed by atoms with Crippen molar-refractivity contribution in [3.8, 4) is 5.75 Å². The lowest BCUT2D eigenvalue weighted by Crippen LogP contribution is -2.31. The van der Waals surface area contributed by atoms with Crippen LogP contribution in [-0.2, 0) is 16.0 Å². The minimum absolute atomic E-state index is 0.0237. The van der Waals surface area contributed by atoms with Crippen molar-refractivity contribution in [2.45, 2.75) is 32.7 Å². The van der Waals surface area contributed by atoms with E-state index in [9.17, 15) is 24.9 Å². The highest BCUT2D eigenvalue weighted by Crippen LogP contribution is 2.20. The van der Waals surface area contributed by atoms with Crippen LogP contribution >= 0.6 is 0 Å². The number of ketones is 1. The molecule has 0 saturated carbocycles. The topological polar surface area (TPSA) is 107 Å². The molecule has 6 heteroatoms. The molecule has 144 valence electrons. The summed E-state index contributed by atoms with van der Waals surface area (Å²) in [6.45, 7) is 3.81. The van der Waals surface area contributed by atoms with Crippen molar-refractivity contribution >= 4 is 11.7 Å². The molecular formula is C21H25NO5. The van der Waals surface area contributed by atoms with Crippen molar-refractivity contribution in [1.82, 2.24) is 5.32 Å². The van der Waals surface area contributed by atoms with Gasteiger partial charge in [0.15, 0.2) is 5.78 Å². The maximum atomic E-state index is 12.5. The zero-order valence-corrected chi connectivity index (χ0v) is 15.5. The van der Waals surface area contributed by atoms with Crippen LogP contribution in [0.3, 0.4) is 0 Å². The Morgan fingerprint density at radius 1 is 1.22 bits per heavy atom. The molecular weight excluding hydrogens is 346 g/mol. The second-order valence-electron chi connectivity index (χ2n) is 6.62. The van der Waals surface area contributed by atoms with Gasteiger partial charge >= 0.3 is 0 Å². The molecule has 4 N–H and O–H groups in total. The van der Waals surface area contributed by atoms with E-state index in [-0.39, 0.29) is 36.0 Å². The summed E-state index contributed by atoms with van der Waals surface area (Å²) >= 11 is 0. The molecule has 0 aliphatic carbocycles. The molecule has 0 aromatic heterocycles. The Morgan fingerprint density at radius 3 is 2.48 bits per heavy atom. The molecule has 1 aromatic rings. The van der Waals surface area contributed by atoms with E-state index in [2.05, 4.69) is 5.32 Å². The number of carbonyl (C=O) groups excluding carboxylic acids is 2. The van der Waals surface area contributed by atoms with Gasteiger partial charge in [0.1, 0.15) is 17.1 Å². The Morgan fingerprint density at radius 2 is 1.89 bits per heavy atom. The highest BCUT2D eigenvalue weighted by atomic mass is 16.3. The number of hydrogen-bond donors (Lipinski definition) is 4. The molecule has 6 nitrogen and oxygen atoms in total. The van der Waals surface area contributed by atoms with Crippen LogP contribution in [0.25, 0.3) is 0 Å². The zero-order valence-electron chi connectivity index (χ0n) is 15.5. The van der Waals surface area contributed by atoms with Crippen molar-refractivity contribution < 1.29 is 24.9 Å². The van der Waals surface area contributed by atoms with Gasteiger partial charge in [-0.3, -0.25) is 9.59 Å². The molecule has 2 unspecified atom stereocenters. The van der Waals surface area contributed by atoms with Crippen LogP contribution in [0.4, 0.5) is 0 Å². The van der Waals surface area contributed by atoms with Crippen LogP contribution in [0, 0.1) is 5.92 Å². The molecule has 1 heterocycles. The smallest absolute Gasteiger partial charge is 0.259 e. The fourth-order valence-electron chi connectivity index (χ4n) is 2.86. The van der Waals surface area contributed by atoms with Crippen molar-refractivity contribution in [2.24, 2.45) is 5.92 Å². The van der Waals surface area contributed by atoms with Crippen LogP contribution in [-0.4, -0.2) is 39.7 Å². The van der Waals surface area contributed by atoms with Gasteiger partial charge in [-0.25, -0.2) is 0 Å². The first-order valence-corrected chi connectivity index (χ1v) is 8.89. The minimum Gasteiger partial charge on any atom is -0.508 e. The summed E-state index contributed by atoms with van der Waals surface area (Å²) in [5, 5.41) is 31.3. The number of hydrogen-bond acceptors (Lipinski definition) is 5. The number of carbonyl (C=O) groups is 2. The third-order valence-electron chi connectivity index (χ3n) is 4.49. The second kappa shape index (κ2) is 9.19. The summed E-state index contributed by atoms with van der Waals surface area (Å²) in [5.41, 5.74) is 1.35. The van der Waals surface area contributed by atoms with Crippen LogP contribution < -0.4 is 5.32 Å². The molecule has 1 saturated heterocycles. The standard InChI is InChI=1S/C21H25NO5/c1-3-14(12-23)10-13(2)4-9-18(25)19-20(26)17(22-21(19)27)11-15-5-7-16(24)8-6-15/h4-10,14,17,23-25H,3,11-12H2,1-2H3,(H,22,27). The third kappa shape index (κ3) is 5.31. The SMILES string of the molecule is CCC(C=C(C)C=CC(O)=C1C(=O)NC(Cc2ccc(O)cc2)C1=O)CO. The largest absolute Gasteiger partial charge is 0.508 e. The summed E-state index contributed by atoms with van der Waals surface area (Å²) in [6, 6.07) is 5.63. The molecule has 1 aliphatic heterocycles. The Bertz CT molecular complexity index is 785. The predicted octanol–water partition coefficient (Wildman–Crippen LogP) is 2.34. The molecule has 1 amide bonds. The van der Waals surface area contributed by atoms with Gasteiger partial charge in [0.25, 0.3) is 5.91 Å². The average Bonchev–Trinajstić information content (AvgIpc) is 2.93. The van der Waals surface area contributed by atoms with E-state index in [1.165, 1.54) is 18.2 Å². The van der Waals surface area contributed by atoms with Crippen molar-refractivity contribution in [3.63, 3.8) is 0 Å². The molecule has 2 rings (SSSR count). The summed E-state index contributed by atoms with van der Waals surface area (Å²) in [7, 11) is 0. The lowest BCUT2D eigenvalue weighted by atomic mass is 10.0. The number of allylic oxidation sites excluding steroid dienone is 3. The summed E-state index contributed by atoms with van der Waals surface area (Å²) in [5.74, 6) is -1.29. The number of Topliss-reactive ketones (excluding diaryl/α,β-unsaturated/α-hetero) is 1. The fraction of sp³-hybridized carbons (Fsp3) is 0.333. The van der Waals surface area contributed by atoms with Gasteiger partial charge in [-0.2, -0.15) is 0 Å². The van der Waals surface area contributed by atoms with Crippen molar-refractivity contribution in [2.75, 3.05) is 6.61 Å². The molecule has 0 spiro atoms. The Balaban J connectivity index is 2.14. The average molecular weight is 371 g/mol. The normalized spacial score (nSPS) is 20.9. The van der Waals surface area contributed by atoms with E-state index in [0.29, 0.717) is 0 Å². The van der Waals surface area contributed by atoms with Crippen LogP contribution in [0.1, 0.15) is 25.8 Å². The summed E-state index contributed by atoms with van der Waals surface area (Å²) in [4.78, 5) is 24.6. The molecule has 1 fully saturated rings. The highest BCUT2D eigenvalue weighted by Gasteiger charge is 2.37. The minimum atomic E-state index is -0.747. The molecule has 1 aliphatic rings. The maximum Gasteiger partial charge on any atom is 0.259 e. The summed E-state index contributed by atoms with van der Waals surface area (Å²) in [6.07, 6.45) is 5.87. The van der Waals surface area contributed by atoms with Gasteiger partial charge in [-0.05, 0) is 37.1 Å². The first-order valence-electron chi connectivity index (χ1n) is 8.89. The third-order valence-corrected chi connectivity index (χ3v) is 4.49. The number of aromatic hydroxyl groups is 1. The number of benzene rings is 1. The van der Waals surface area contributed by atoms with Gasteiger partial charge in [-0.15, -0.1) is 0 Å². The van der Waals surface area contributed by atoms with Gasteiger partial charge in [-0.1, -0.05) is 36.8 Å². The van der Waals surface area contributed by atoms with E-state index in [1.54, 1.807) is 18.2 Å². The number of aliphatic hydroxyl groups is 2. The van der Waals surface area contributed by atoms with E-state index < -0.39 is 17.7 Å². The molecule has 0 radical (unpaired) electrons. The van der Waals surface area contributed by atoms with E-state index in [0.717, 1.165) is 17.6 Å². The highest BCUT2D eigenvalue weighted by molar-refractivity contribution is 6.27. The Hall–Kier alpha value is -2.86. The molecule has 1 aromatic carbocycles. The first-order chi connectivity index (χ1) is 12.8. The quantitative estimate of drug-likeness (QED) is 0.255. The number of nitrogens with one attached hydrogen (secondary N) is 1. The van der Waals surface area contributed by atoms with Gasteiger partial charge < -0.3 is 20.6 Å². The van der Waals surface area contributed by atoms with Gasteiger partial charge in [0.2, 0.25) is 0 Å². The number of phenols is 1. The van der Waals surface area contributed by atoms with Crippen LogP contribution in [0.15, 0.2) is 59.4 Å². The van der Waals surface area contributed by atoms with Crippen molar-refractivity contribution in [3.05, 3.63) is 65.0 Å². The monoisotopic (exact) mass is 371 g/mol. The second-order valence-corrected chi connectivity index (χ2v) is 6.62. The molecule has 27 heavy (non-hydrogen) atoms. The molecule has 2 atom stereocenters. The van der Waals surface area contributed by atoms with E-state index in [4.69, 9.17) is 0 Å². The number of phenolic OH excluding ortho intramolecular Hbond substituents is 1. The van der Waals surface area contributed by atoms with Crippen LogP contribution in [0.5, 0.6) is 5.75 Å². The maximum absolute atomic E-state index is 12.5. The molecule has 0 bridgehead atoms. The number of amides is 1. The van der Waals surface area contributed by atoms with E-state index >= 15 is 0 Å². The Kier molecular flexibility index (Phi) is 6.96. The van der Waals surface area contributed by atoms with Crippen LogP contribution in [0.2, 0.25) is 0 Å². The fourth-order valence-corrected chi connectivity index (χ4v) is 2.86. The van der Waals surface area contributed by atoms with Gasteiger partial charge in [0.05, 0.1) is 6.04 Å².